The minimum atomic E-state index is 0.116. The first-order valence-corrected chi connectivity index (χ1v) is 6.13. The van der Waals surface area contributed by atoms with Gasteiger partial charge in [0.05, 0.1) is 12.6 Å². The molecule has 1 saturated heterocycles. The number of aliphatic hydroxyl groups is 1. The van der Waals surface area contributed by atoms with Crippen LogP contribution in [-0.2, 0) is 0 Å². The highest BCUT2D eigenvalue weighted by molar-refractivity contribution is 5.97. The van der Waals surface area contributed by atoms with Crippen molar-refractivity contribution in [3.8, 4) is 0 Å². The Morgan fingerprint density at radius 3 is 2.94 bits per heavy atom. The normalized spacial score (nSPS) is 20.4. The molecule has 98 valence electrons. The Labute approximate surface area is 107 Å². The van der Waals surface area contributed by atoms with E-state index in [1.165, 1.54) is 0 Å². The number of rotatable bonds is 3. The van der Waals surface area contributed by atoms with Crippen LogP contribution in [0.3, 0.4) is 0 Å². The Morgan fingerprint density at radius 1 is 1.56 bits per heavy atom. The Hall–Kier alpha value is -1.75. The van der Waals surface area contributed by atoms with Crippen LogP contribution < -0.4 is 10.6 Å². The van der Waals surface area contributed by atoms with Gasteiger partial charge in [-0.2, -0.15) is 0 Å². The minimum absolute atomic E-state index is 0.116. The van der Waals surface area contributed by atoms with E-state index in [0.29, 0.717) is 5.56 Å². The van der Waals surface area contributed by atoms with Crippen LogP contribution in [0.15, 0.2) is 23.4 Å². The van der Waals surface area contributed by atoms with E-state index in [-0.39, 0.29) is 18.5 Å². The number of nitrogens with zero attached hydrogens (tertiary/aromatic N) is 2. The molecule has 0 aromatic heterocycles. The van der Waals surface area contributed by atoms with Gasteiger partial charge in [-0.25, -0.2) is 0 Å². The number of anilines is 1. The summed E-state index contributed by atoms with van der Waals surface area (Å²) >= 11 is 0. The molecule has 0 radical (unpaired) electrons. The topological polar surface area (TPSA) is 82.1 Å². The van der Waals surface area contributed by atoms with Gasteiger partial charge in [0.1, 0.15) is 0 Å². The lowest BCUT2D eigenvalue weighted by molar-refractivity contribution is 0.266. The number of aryl methyl sites for hydroxylation is 1. The van der Waals surface area contributed by atoms with E-state index in [1.54, 1.807) is 0 Å². The maximum Gasteiger partial charge on any atom is 0.170 e. The van der Waals surface area contributed by atoms with E-state index in [2.05, 4.69) is 10.1 Å². The number of aliphatic hydroxyl groups excluding tert-OH is 1. The molecule has 5 nitrogen and oxygen atoms in total. The van der Waals surface area contributed by atoms with Gasteiger partial charge in [0.15, 0.2) is 5.84 Å². The number of amidine groups is 1. The first-order valence-electron chi connectivity index (χ1n) is 6.13. The second kappa shape index (κ2) is 5.27. The zero-order valence-corrected chi connectivity index (χ0v) is 10.5. The number of benzene rings is 1. The maximum absolute atomic E-state index is 9.36. The third-order valence-corrected chi connectivity index (χ3v) is 3.50. The van der Waals surface area contributed by atoms with E-state index in [1.807, 2.05) is 25.1 Å². The summed E-state index contributed by atoms with van der Waals surface area (Å²) < 4.78 is 0. The fourth-order valence-corrected chi connectivity index (χ4v) is 2.54. The van der Waals surface area contributed by atoms with Crippen molar-refractivity contribution >= 4 is 11.5 Å². The third kappa shape index (κ3) is 2.26. The monoisotopic (exact) mass is 249 g/mol. The molecule has 5 heteroatoms. The lowest BCUT2D eigenvalue weighted by Gasteiger charge is -2.27. The van der Waals surface area contributed by atoms with Gasteiger partial charge in [-0.3, -0.25) is 0 Å². The first kappa shape index (κ1) is 12.7. The van der Waals surface area contributed by atoms with Crippen LogP contribution in [0.25, 0.3) is 0 Å². The SMILES string of the molecule is Cc1cc(C(N)=NO)ccc1N1CCCC1CO. The molecule has 0 amide bonds. The van der Waals surface area contributed by atoms with Crippen LogP contribution >= 0.6 is 0 Å². The van der Waals surface area contributed by atoms with Crippen LogP contribution in [0.1, 0.15) is 24.0 Å². The van der Waals surface area contributed by atoms with Gasteiger partial charge in [0, 0.05) is 17.8 Å². The second-order valence-corrected chi connectivity index (χ2v) is 4.66. The van der Waals surface area contributed by atoms with Gasteiger partial charge < -0.3 is 20.9 Å². The number of oxime groups is 1. The minimum Gasteiger partial charge on any atom is -0.409 e. The summed E-state index contributed by atoms with van der Waals surface area (Å²) in [5.74, 6) is 0.116. The summed E-state index contributed by atoms with van der Waals surface area (Å²) in [5, 5.41) is 21.0. The molecule has 1 aliphatic heterocycles. The van der Waals surface area contributed by atoms with Crippen LogP contribution in [-0.4, -0.2) is 35.3 Å². The molecule has 18 heavy (non-hydrogen) atoms. The van der Waals surface area contributed by atoms with Crippen molar-refractivity contribution in [2.75, 3.05) is 18.1 Å². The lowest BCUT2D eigenvalue weighted by Crippen LogP contribution is -2.32. The molecule has 0 saturated carbocycles. The average molecular weight is 249 g/mol. The van der Waals surface area contributed by atoms with Gasteiger partial charge in [0.25, 0.3) is 0 Å². The number of nitrogens with two attached hydrogens (primary N) is 1. The predicted molar refractivity (Wildman–Crippen MR) is 71.1 cm³/mol. The molecule has 4 N–H and O–H groups in total. The van der Waals surface area contributed by atoms with Crippen molar-refractivity contribution in [3.05, 3.63) is 29.3 Å². The highest BCUT2D eigenvalue weighted by atomic mass is 16.4. The molecule has 1 aliphatic rings. The predicted octanol–water partition coefficient (Wildman–Crippen LogP) is 1.05. The van der Waals surface area contributed by atoms with Crippen LogP contribution in [0.5, 0.6) is 0 Å². The maximum atomic E-state index is 9.36. The van der Waals surface area contributed by atoms with Crippen LogP contribution in [0.2, 0.25) is 0 Å². The van der Waals surface area contributed by atoms with Gasteiger partial charge in [-0.05, 0) is 43.5 Å². The Kier molecular flexibility index (Phi) is 3.72. The summed E-state index contributed by atoms with van der Waals surface area (Å²) in [5.41, 5.74) is 8.45. The zero-order chi connectivity index (χ0) is 13.1. The Morgan fingerprint density at radius 2 is 2.33 bits per heavy atom. The standard InChI is InChI=1S/C13H19N3O2/c1-9-7-10(13(14)15-18)4-5-12(9)16-6-2-3-11(16)8-17/h4-5,7,11,17-18H,2-3,6,8H2,1H3,(H2,14,15). The van der Waals surface area contributed by atoms with Crippen molar-refractivity contribution in [1.29, 1.82) is 0 Å². The lowest BCUT2D eigenvalue weighted by atomic mass is 10.1. The van der Waals surface area contributed by atoms with E-state index < -0.39 is 0 Å². The molecule has 1 aromatic carbocycles. The molecule has 1 unspecified atom stereocenters. The molecule has 0 spiro atoms. The van der Waals surface area contributed by atoms with Gasteiger partial charge in [-0.1, -0.05) is 5.16 Å². The highest BCUT2D eigenvalue weighted by Crippen LogP contribution is 2.28. The summed E-state index contributed by atoms with van der Waals surface area (Å²) in [6.07, 6.45) is 2.13. The largest absolute Gasteiger partial charge is 0.409 e. The van der Waals surface area contributed by atoms with Gasteiger partial charge >= 0.3 is 0 Å². The molecule has 1 aromatic rings. The van der Waals surface area contributed by atoms with Crippen molar-refractivity contribution < 1.29 is 10.3 Å². The summed E-state index contributed by atoms with van der Waals surface area (Å²) in [7, 11) is 0. The van der Waals surface area contributed by atoms with Crippen LogP contribution in [0.4, 0.5) is 5.69 Å². The van der Waals surface area contributed by atoms with E-state index >= 15 is 0 Å². The molecule has 1 heterocycles. The smallest absolute Gasteiger partial charge is 0.170 e. The molecular weight excluding hydrogens is 230 g/mol. The number of hydrogen-bond donors (Lipinski definition) is 3. The third-order valence-electron chi connectivity index (χ3n) is 3.50. The molecule has 2 rings (SSSR count). The zero-order valence-electron chi connectivity index (χ0n) is 10.5. The van der Waals surface area contributed by atoms with E-state index in [0.717, 1.165) is 30.6 Å². The van der Waals surface area contributed by atoms with Crippen molar-refractivity contribution in [1.82, 2.24) is 0 Å². The first-order chi connectivity index (χ1) is 8.67. The summed E-state index contributed by atoms with van der Waals surface area (Å²) in [4.78, 5) is 2.23. The second-order valence-electron chi connectivity index (χ2n) is 4.66. The molecule has 1 fully saturated rings. The van der Waals surface area contributed by atoms with Crippen molar-refractivity contribution in [3.63, 3.8) is 0 Å². The summed E-state index contributed by atoms with van der Waals surface area (Å²) in [6.45, 7) is 3.15. The Bertz CT molecular complexity index is 460. The quantitative estimate of drug-likeness (QED) is 0.324. The fourth-order valence-electron chi connectivity index (χ4n) is 2.54. The molecule has 0 bridgehead atoms. The van der Waals surface area contributed by atoms with Gasteiger partial charge in [-0.15, -0.1) is 0 Å². The molecule has 0 aliphatic carbocycles. The van der Waals surface area contributed by atoms with E-state index in [9.17, 15) is 5.11 Å². The van der Waals surface area contributed by atoms with Crippen molar-refractivity contribution in [2.24, 2.45) is 10.9 Å². The van der Waals surface area contributed by atoms with Crippen LogP contribution in [0, 0.1) is 6.92 Å². The molecule has 1 atom stereocenters. The van der Waals surface area contributed by atoms with Crippen molar-refractivity contribution in [2.45, 2.75) is 25.8 Å². The van der Waals surface area contributed by atoms with Gasteiger partial charge in [0.2, 0.25) is 0 Å². The Balaban J connectivity index is 2.30. The van der Waals surface area contributed by atoms with E-state index in [4.69, 9.17) is 10.9 Å². The highest BCUT2D eigenvalue weighted by Gasteiger charge is 2.25. The fraction of sp³-hybridized carbons (Fsp3) is 0.462. The average Bonchev–Trinajstić information content (AvgIpc) is 2.85. The number of hydrogen-bond acceptors (Lipinski definition) is 4. The summed E-state index contributed by atoms with van der Waals surface area (Å²) in [6, 6.07) is 5.91. The molecular formula is C13H19N3O2.